The van der Waals surface area contributed by atoms with E-state index in [1.165, 1.54) is 0 Å². The summed E-state index contributed by atoms with van der Waals surface area (Å²) in [5.41, 5.74) is 0. The fourth-order valence-corrected chi connectivity index (χ4v) is 1.89. The molecule has 0 bridgehead atoms. The number of aliphatic hydroxyl groups excluding tert-OH is 3. The lowest BCUT2D eigenvalue weighted by molar-refractivity contribution is -0.0677. The lowest BCUT2D eigenvalue weighted by atomic mass is 10.4. The van der Waals surface area contributed by atoms with Crippen molar-refractivity contribution in [1.29, 1.82) is 0 Å². The molecule has 0 amide bonds. The van der Waals surface area contributed by atoms with Crippen LogP contribution in [0.1, 0.15) is 68.2 Å². The fourth-order valence-electron chi connectivity index (χ4n) is 1.89. The summed E-state index contributed by atoms with van der Waals surface area (Å²) in [6.07, 6.45) is 1.78. The molecule has 0 fully saturated rings. The minimum atomic E-state index is -0.318. The smallest absolute Gasteiger partial charge is 0.0781 e. The minimum absolute atomic E-state index is 0.0293. The van der Waals surface area contributed by atoms with Crippen LogP contribution in [0.3, 0.4) is 0 Å². The highest BCUT2D eigenvalue weighted by Crippen LogP contribution is 1.99. The zero-order valence-corrected chi connectivity index (χ0v) is 23.3. The van der Waals surface area contributed by atoms with Crippen LogP contribution in [0.4, 0.5) is 0 Å². The Balaban J connectivity index is -0.000000440. The van der Waals surface area contributed by atoms with Gasteiger partial charge in [-0.25, -0.2) is 0 Å². The van der Waals surface area contributed by atoms with Gasteiger partial charge in [0.1, 0.15) is 0 Å². The first kappa shape index (κ1) is 38.2. The van der Waals surface area contributed by atoms with Gasteiger partial charge in [-0.2, -0.15) is 0 Å². The Morgan fingerprint density at radius 3 is 1.35 bits per heavy atom. The number of ether oxygens (including phenoxy) is 6. The molecule has 0 saturated carbocycles. The molecule has 0 radical (unpaired) electrons. The summed E-state index contributed by atoms with van der Waals surface area (Å²) in [4.78, 5) is 0. The van der Waals surface area contributed by atoms with E-state index in [2.05, 4.69) is 6.92 Å². The highest BCUT2D eigenvalue weighted by atomic mass is 16.6. The van der Waals surface area contributed by atoms with Crippen LogP contribution in [-0.2, 0) is 28.4 Å². The SMILES string of the molecule is CCCOC(C)COC(C)CO.CCCOCC(C)O.COC(C)COC(C)COC(C)CO. The molecule has 0 aromatic rings. The summed E-state index contributed by atoms with van der Waals surface area (Å²) in [5, 5.41) is 26.0. The van der Waals surface area contributed by atoms with Crippen molar-refractivity contribution in [2.45, 2.75) is 105 Å². The van der Waals surface area contributed by atoms with Crippen LogP contribution in [0.25, 0.3) is 0 Å². The molecule has 0 spiro atoms. The van der Waals surface area contributed by atoms with E-state index in [0.29, 0.717) is 26.4 Å². The molecule has 0 rings (SSSR count). The van der Waals surface area contributed by atoms with E-state index in [0.717, 1.165) is 26.1 Å². The molecular formula is C25H56O9. The van der Waals surface area contributed by atoms with Crippen molar-refractivity contribution in [3.8, 4) is 0 Å². The Morgan fingerprint density at radius 2 is 0.971 bits per heavy atom. The van der Waals surface area contributed by atoms with Crippen LogP contribution < -0.4 is 0 Å². The van der Waals surface area contributed by atoms with Gasteiger partial charge in [-0.05, 0) is 54.4 Å². The molecule has 6 unspecified atom stereocenters. The quantitative estimate of drug-likeness (QED) is 0.230. The van der Waals surface area contributed by atoms with Crippen LogP contribution in [0.5, 0.6) is 0 Å². The van der Waals surface area contributed by atoms with Crippen LogP contribution in [0.15, 0.2) is 0 Å². The molecule has 0 heterocycles. The van der Waals surface area contributed by atoms with Crippen LogP contribution in [0, 0.1) is 0 Å². The summed E-state index contributed by atoms with van der Waals surface area (Å²) >= 11 is 0. The molecule has 34 heavy (non-hydrogen) atoms. The maximum atomic E-state index is 8.72. The number of rotatable bonds is 19. The largest absolute Gasteiger partial charge is 0.394 e. The molecule has 210 valence electrons. The normalized spacial score (nSPS) is 16.2. The fraction of sp³-hybridized carbons (Fsp3) is 1.00. The molecule has 0 saturated heterocycles. The van der Waals surface area contributed by atoms with Crippen LogP contribution >= 0.6 is 0 Å². The number of aliphatic hydroxyl groups is 3. The highest BCUT2D eigenvalue weighted by molar-refractivity contribution is 4.54. The molecule has 0 aliphatic carbocycles. The molecule has 3 N–H and O–H groups in total. The lowest BCUT2D eigenvalue weighted by Gasteiger charge is -2.18. The van der Waals surface area contributed by atoms with Gasteiger partial charge in [0.25, 0.3) is 0 Å². The second-order valence-corrected chi connectivity index (χ2v) is 8.45. The van der Waals surface area contributed by atoms with Gasteiger partial charge in [-0.3, -0.25) is 0 Å². The van der Waals surface area contributed by atoms with Gasteiger partial charge in [0.2, 0.25) is 0 Å². The summed E-state index contributed by atoms with van der Waals surface area (Å²) in [6, 6.07) is 0. The zero-order chi connectivity index (χ0) is 26.8. The topological polar surface area (TPSA) is 116 Å². The van der Waals surface area contributed by atoms with Crippen molar-refractivity contribution in [2.24, 2.45) is 0 Å². The van der Waals surface area contributed by atoms with Gasteiger partial charge in [0.05, 0.1) is 76.3 Å². The van der Waals surface area contributed by atoms with E-state index in [9.17, 15) is 0 Å². The minimum Gasteiger partial charge on any atom is -0.394 e. The first-order valence-corrected chi connectivity index (χ1v) is 12.5. The Morgan fingerprint density at radius 1 is 0.559 bits per heavy atom. The van der Waals surface area contributed by atoms with E-state index in [-0.39, 0.29) is 49.8 Å². The molecule has 0 aromatic carbocycles. The standard InChI is InChI=1S/C10H22O4.C9H20O3.C6H14O2/c1-8(5-11)13-7-10(3)14-6-9(2)12-4;1-4-5-11-9(3)7-12-8(2)6-10;1-3-4-8-5-6(2)7/h8-11H,5-7H2,1-4H3;8-10H,4-7H2,1-3H3;6-7H,3-5H2,1-2H3. The van der Waals surface area contributed by atoms with E-state index in [4.69, 9.17) is 43.7 Å². The van der Waals surface area contributed by atoms with Gasteiger partial charge in [0, 0.05) is 20.3 Å². The van der Waals surface area contributed by atoms with E-state index < -0.39 is 0 Å². The first-order chi connectivity index (χ1) is 16.1. The first-order valence-electron chi connectivity index (χ1n) is 12.5. The third-order valence-corrected chi connectivity index (χ3v) is 4.08. The van der Waals surface area contributed by atoms with E-state index in [1.807, 2.05) is 41.5 Å². The predicted molar refractivity (Wildman–Crippen MR) is 135 cm³/mol. The molecule has 0 aliphatic heterocycles. The van der Waals surface area contributed by atoms with Crippen molar-refractivity contribution in [3.05, 3.63) is 0 Å². The summed E-state index contributed by atoms with van der Waals surface area (Å²) < 4.78 is 31.5. The zero-order valence-electron chi connectivity index (χ0n) is 23.3. The van der Waals surface area contributed by atoms with Crippen molar-refractivity contribution in [1.82, 2.24) is 0 Å². The maximum Gasteiger partial charge on any atom is 0.0781 e. The monoisotopic (exact) mass is 500 g/mol. The van der Waals surface area contributed by atoms with Crippen molar-refractivity contribution in [3.63, 3.8) is 0 Å². The number of hydrogen-bond acceptors (Lipinski definition) is 9. The van der Waals surface area contributed by atoms with Crippen LogP contribution in [-0.4, -0.2) is 112 Å². The molecule has 6 atom stereocenters. The Kier molecular flexibility index (Phi) is 32.4. The summed E-state index contributed by atoms with van der Waals surface area (Å²) in [6.45, 7) is 19.1. The summed E-state index contributed by atoms with van der Waals surface area (Å²) in [7, 11) is 1.66. The van der Waals surface area contributed by atoms with Gasteiger partial charge in [0.15, 0.2) is 0 Å². The number of hydrogen-bond donors (Lipinski definition) is 3. The molecule has 9 heteroatoms. The lowest BCUT2D eigenvalue weighted by Crippen LogP contribution is -2.25. The average molecular weight is 501 g/mol. The Bertz CT molecular complexity index is 358. The van der Waals surface area contributed by atoms with Crippen molar-refractivity contribution < 1.29 is 43.7 Å². The van der Waals surface area contributed by atoms with Gasteiger partial charge < -0.3 is 43.7 Å². The second-order valence-electron chi connectivity index (χ2n) is 8.45. The molecular weight excluding hydrogens is 444 g/mol. The Hall–Kier alpha value is -0.360. The summed E-state index contributed by atoms with van der Waals surface area (Å²) in [5.74, 6) is 0. The highest BCUT2D eigenvalue weighted by Gasteiger charge is 2.08. The molecule has 9 nitrogen and oxygen atoms in total. The van der Waals surface area contributed by atoms with Gasteiger partial charge in [-0.1, -0.05) is 13.8 Å². The van der Waals surface area contributed by atoms with Crippen molar-refractivity contribution in [2.75, 3.05) is 60.0 Å². The van der Waals surface area contributed by atoms with Gasteiger partial charge in [-0.15, -0.1) is 0 Å². The second kappa shape index (κ2) is 28.9. The third kappa shape index (κ3) is 33.8. The molecule has 0 aromatic heterocycles. The average Bonchev–Trinajstić information content (AvgIpc) is 2.83. The van der Waals surface area contributed by atoms with E-state index in [1.54, 1.807) is 14.0 Å². The van der Waals surface area contributed by atoms with E-state index >= 15 is 0 Å². The Labute approximate surface area is 209 Å². The van der Waals surface area contributed by atoms with Gasteiger partial charge >= 0.3 is 0 Å². The number of methoxy groups -OCH3 is 1. The predicted octanol–water partition coefficient (Wildman–Crippen LogP) is 2.82. The maximum absolute atomic E-state index is 8.72. The molecule has 0 aliphatic rings. The van der Waals surface area contributed by atoms with Crippen LogP contribution in [0.2, 0.25) is 0 Å². The third-order valence-electron chi connectivity index (χ3n) is 4.08. The van der Waals surface area contributed by atoms with Crippen molar-refractivity contribution >= 4 is 0 Å².